The first-order chi connectivity index (χ1) is 9.08. The van der Waals surface area contributed by atoms with Crippen molar-refractivity contribution in [2.75, 3.05) is 23.4 Å². The molecule has 0 aromatic heterocycles. The van der Waals surface area contributed by atoms with Crippen LogP contribution in [0.2, 0.25) is 0 Å². The minimum absolute atomic E-state index is 0.193. The van der Waals surface area contributed by atoms with Crippen LogP contribution in [0.1, 0.15) is 33.6 Å². The standard InChI is InChI=1S/C13H24BrNO3S/c1-4-10(5-2)8-19-9-11(13(17)18-6-3)15-12(16)7-14/h10-11H,4-9H2,1-3H3,(H,15,16). The number of esters is 1. The Morgan fingerprint density at radius 3 is 2.32 bits per heavy atom. The molecule has 6 heteroatoms. The Bertz CT molecular complexity index is 273. The molecule has 0 radical (unpaired) electrons. The van der Waals surface area contributed by atoms with Crippen molar-refractivity contribution in [3.63, 3.8) is 0 Å². The lowest BCUT2D eigenvalue weighted by molar-refractivity contribution is -0.146. The minimum Gasteiger partial charge on any atom is -0.464 e. The maximum Gasteiger partial charge on any atom is 0.329 e. The summed E-state index contributed by atoms with van der Waals surface area (Å²) in [7, 11) is 0. The Morgan fingerprint density at radius 2 is 1.84 bits per heavy atom. The summed E-state index contributed by atoms with van der Waals surface area (Å²) < 4.78 is 4.98. The zero-order chi connectivity index (χ0) is 14.7. The van der Waals surface area contributed by atoms with Gasteiger partial charge in [-0.05, 0) is 18.6 Å². The molecule has 4 nitrogen and oxygen atoms in total. The normalized spacial score (nSPS) is 12.3. The molecule has 0 saturated heterocycles. The van der Waals surface area contributed by atoms with Crippen LogP contribution in [0, 0.1) is 5.92 Å². The molecule has 0 heterocycles. The molecule has 0 aliphatic rings. The van der Waals surface area contributed by atoms with Gasteiger partial charge in [0.15, 0.2) is 0 Å². The smallest absolute Gasteiger partial charge is 0.329 e. The predicted molar refractivity (Wildman–Crippen MR) is 83.8 cm³/mol. The van der Waals surface area contributed by atoms with Crippen molar-refractivity contribution >= 4 is 39.6 Å². The van der Waals surface area contributed by atoms with Crippen LogP contribution in [-0.4, -0.2) is 41.4 Å². The zero-order valence-corrected chi connectivity index (χ0v) is 14.3. The van der Waals surface area contributed by atoms with Gasteiger partial charge in [0.25, 0.3) is 0 Å². The number of ether oxygens (including phenoxy) is 1. The molecular formula is C13H24BrNO3S. The van der Waals surface area contributed by atoms with E-state index in [9.17, 15) is 9.59 Å². The van der Waals surface area contributed by atoms with E-state index in [4.69, 9.17) is 4.74 Å². The molecule has 0 saturated carbocycles. The predicted octanol–water partition coefficient (Wildman–Crippen LogP) is 2.60. The number of halogens is 1. The van der Waals surface area contributed by atoms with E-state index in [2.05, 4.69) is 35.1 Å². The molecule has 19 heavy (non-hydrogen) atoms. The molecule has 0 spiro atoms. The van der Waals surface area contributed by atoms with E-state index in [1.807, 2.05) is 0 Å². The number of nitrogens with one attached hydrogen (secondary N) is 1. The van der Waals surface area contributed by atoms with Gasteiger partial charge in [-0.2, -0.15) is 11.8 Å². The first kappa shape index (κ1) is 18.8. The van der Waals surface area contributed by atoms with E-state index in [0.717, 1.165) is 18.6 Å². The third kappa shape index (κ3) is 8.52. The summed E-state index contributed by atoms with van der Waals surface area (Å²) in [5.41, 5.74) is 0. The number of amides is 1. The topological polar surface area (TPSA) is 55.4 Å². The monoisotopic (exact) mass is 353 g/mol. The fraction of sp³-hybridized carbons (Fsp3) is 0.846. The highest BCUT2D eigenvalue weighted by Crippen LogP contribution is 2.16. The number of hydrogen-bond donors (Lipinski definition) is 1. The highest BCUT2D eigenvalue weighted by Gasteiger charge is 2.21. The lowest BCUT2D eigenvalue weighted by atomic mass is 10.1. The average Bonchev–Trinajstić information content (AvgIpc) is 2.42. The Morgan fingerprint density at radius 1 is 1.21 bits per heavy atom. The van der Waals surface area contributed by atoms with Gasteiger partial charge < -0.3 is 10.1 Å². The van der Waals surface area contributed by atoms with Crippen molar-refractivity contribution in [3.05, 3.63) is 0 Å². The van der Waals surface area contributed by atoms with E-state index in [-0.39, 0.29) is 17.2 Å². The second-order valence-corrected chi connectivity index (χ2v) is 5.86. The minimum atomic E-state index is -0.552. The lowest BCUT2D eigenvalue weighted by Gasteiger charge is -2.18. The molecule has 1 unspecified atom stereocenters. The quantitative estimate of drug-likeness (QED) is 0.484. The average molecular weight is 354 g/mol. The highest BCUT2D eigenvalue weighted by atomic mass is 79.9. The van der Waals surface area contributed by atoms with Crippen molar-refractivity contribution in [2.24, 2.45) is 5.92 Å². The second kappa shape index (κ2) is 11.6. The molecular weight excluding hydrogens is 330 g/mol. The number of thioether (sulfide) groups is 1. The van der Waals surface area contributed by atoms with Gasteiger partial charge in [-0.15, -0.1) is 0 Å². The first-order valence-electron chi connectivity index (χ1n) is 6.68. The van der Waals surface area contributed by atoms with E-state index in [0.29, 0.717) is 18.3 Å². The van der Waals surface area contributed by atoms with Crippen molar-refractivity contribution < 1.29 is 14.3 Å². The molecule has 0 aliphatic heterocycles. The van der Waals surface area contributed by atoms with Gasteiger partial charge in [-0.1, -0.05) is 42.6 Å². The maximum absolute atomic E-state index is 11.7. The first-order valence-corrected chi connectivity index (χ1v) is 8.96. The van der Waals surface area contributed by atoms with E-state index in [1.54, 1.807) is 18.7 Å². The highest BCUT2D eigenvalue weighted by molar-refractivity contribution is 9.09. The summed E-state index contributed by atoms with van der Waals surface area (Å²) in [5, 5.41) is 2.87. The third-order valence-electron chi connectivity index (χ3n) is 2.82. The molecule has 0 aromatic carbocycles. The van der Waals surface area contributed by atoms with Crippen LogP contribution in [0.15, 0.2) is 0 Å². The van der Waals surface area contributed by atoms with Gasteiger partial charge in [-0.25, -0.2) is 4.79 Å². The van der Waals surface area contributed by atoms with Crippen LogP contribution in [0.3, 0.4) is 0 Å². The molecule has 1 N–H and O–H groups in total. The number of rotatable bonds is 10. The van der Waals surface area contributed by atoms with Crippen molar-refractivity contribution in [3.8, 4) is 0 Å². The molecule has 0 bridgehead atoms. The summed E-state index contributed by atoms with van der Waals surface area (Å²) in [4.78, 5) is 23.1. The fourth-order valence-corrected chi connectivity index (χ4v) is 3.08. The molecule has 1 atom stereocenters. The summed E-state index contributed by atoms with van der Waals surface area (Å²) in [6.07, 6.45) is 2.28. The second-order valence-electron chi connectivity index (χ2n) is 4.23. The van der Waals surface area contributed by atoms with Gasteiger partial charge in [0.05, 0.1) is 11.9 Å². The van der Waals surface area contributed by atoms with Gasteiger partial charge in [-0.3, -0.25) is 4.79 Å². The van der Waals surface area contributed by atoms with E-state index in [1.165, 1.54) is 0 Å². The van der Waals surface area contributed by atoms with Crippen LogP contribution in [0.25, 0.3) is 0 Å². The van der Waals surface area contributed by atoms with Crippen molar-refractivity contribution in [1.29, 1.82) is 0 Å². The molecule has 1 amide bonds. The summed E-state index contributed by atoms with van der Waals surface area (Å²) in [6, 6.07) is -0.552. The number of carbonyl (C=O) groups excluding carboxylic acids is 2. The lowest BCUT2D eigenvalue weighted by Crippen LogP contribution is -2.44. The summed E-state index contributed by atoms with van der Waals surface area (Å²) in [6.45, 7) is 6.43. The molecule has 0 rings (SSSR count). The van der Waals surface area contributed by atoms with Gasteiger partial charge >= 0.3 is 5.97 Å². The van der Waals surface area contributed by atoms with Crippen LogP contribution < -0.4 is 5.32 Å². The van der Waals surface area contributed by atoms with Gasteiger partial charge in [0.1, 0.15) is 6.04 Å². The van der Waals surface area contributed by atoms with Crippen LogP contribution in [-0.2, 0) is 14.3 Å². The van der Waals surface area contributed by atoms with E-state index < -0.39 is 6.04 Å². The number of hydrogen-bond acceptors (Lipinski definition) is 4. The summed E-state index contributed by atoms with van der Waals surface area (Å²) in [5.74, 6) is 1.69. The van der Waals surface area contributed by atoms with Crippen LogP contribution in [0.4, 0.5) is 0 Å². The fourth-order valence-electron chi connectivity index (χ4n) is 1.52. The Balaban J connectivity index is 4.25. The van der Waals surface area contributed by atoms with Crippen molar-refractivity contribution in [2.45, 2.75) is 39.7 Å². The number of carbonyl (C=O) groups is 2. The Kier molecular flexibility index (Phi) is 11.4. The Hall–Kier alpha value is -0.230. The largest absolute Gasteiger partial charge is 0.464 e. The summed E-state index contributed by atoms with van der Waals surface area (Å²) >= 11 is 4.77. The van der Waals surface area contributed by atoms with Gasteiger partial charge in [0, 0.05) is 5.75 Å². The van der Waals surface area contributed by atoms with Gasteiger partial charge in [0.2, 0.25) is 5.91 Å². The maximum atomic E-state index is 11.7. The molecule has 0 aliphatic carbocycles. The molecule has 112 valence electrons. The Labute approximate surface area is 128 Å². The zero-order valence-electron chi connectivity index (χ0n) is 11.9. The van der Waals surface area contributed by atoms with Crippen molar-refractivity contribution in [1.82, 2.24) is 5.32 Å². The third-order valence-corrected chi connectivity index (χ3v) is 4.61. The number of alkyl halides is 1. The van der Waals surface area contributed by atoms with Crippen LogP contribution >= 0.6 is 27.7 Å². The SMILES string of the molecule is CCOC(=O)C(CSCC(CC)CC)NC(=O)CBr. The molecule has 0 fully saturated rings. The van der Waals surface area contributed by atoms with E-state index >= 15 is 0 Å². The molecule has 0 aromatic rings. The van der Waals surface area contributed by atoms with Crippen LogP contribution in [0.5, 0.6) is 0 Å².